The first-order valence-corrected chi connectivity index (χ1v) is 8.63. The number of amides is 3. The molecule has 0 radical (unpaired) electrons. The van der Waals surface area contributed by atoms with E-state index in [2.05, 4.69) is 38.5 Å². The van der Waals surface area contributed by atoms with Gasteiger partial charge in [-0.3, -0.25) is 15.1 Å². The molecule has 0 aliphatic heterocycles. The maximum Gasteiger partial charge on any atom is 0.340 e. The Labute approximate surface area is 148 Å². The molecule has 24 heavy (non-hydrogen) atoms. The van der Waals surface area contributed by atoms with Crippen molar-refractivity contribution in [3.05, 3.63) is 28.5 Å². The number of pyridine rings is 1. The first kappa shape index (κ1) is 18.4. The van der Waals surface area contributed by atoms with Crippen molar-refractivity contribution in [1.82, 2.24) is 15.6 Å². The average molecular weight is 398 g/mol. The van der Waals surface area contributed by atoms with Gasteiger partial charge in [0.15, 0.2) is 6.61 Å². The van der Waals surface area contributed by atoms with Crippen LogP contribution >= 0.6 is 15.9 Å². The Kier molecular flexibility index (Phi) is 6.72. The molecule has 0 saturated heterocycles. The Morgan fingerprint density at radius 1 is 1.29 bits per heavy atom. The maximum absolute atomic E-state index is 11.8. The zero-order chi connectivity index (χ0) is 17.5. The molecule has 0 unspecified atom stereocenters. The van der Waals surface area contributed by atoms with Crippen molar-refractivity contribution in [3.63, 3.8) is 0 Å². The van der Waals surface area contributed by atoms with Crippen LogP contribution in [0.15, 0.2) is 22.9 Å². The number of carbonyl (C=O) groups is 3. The highest BCUT2D eigenvalue weighted by atomic mass is 79.9. The minimum Gasteiger partial charge on any atom is -0.452 e. The number of carbonyl (C=O) groups excluding carboxylic acids is 3. The fourth-order valence-corrected chi connectivity index (χ4v) is 3.00. The molecule has 1 aromatic heterocycles. The summed E-state index contributed by atoms with van der Waals surface area (Å²) in [4.78, 5) is 39.2. The second kappa shape index (κ2) is 8.77. The molecule has 7 nitrogen and oxygen atoms in total. The summed E-state index contributed by atoms with van der Waals surface area (Å²) >= 11 is 3.19. The van der Waals surface area contributed by atoms with Crippen LogP contribution in [0.25, 0.3) is 0 Å². The maximum atomic E-state index is 11.8. The molecule has 2 N–H and O–H groups in total. The summed E-state index contributed by atoms with van der Waals surface area (Å²) in [6.07, 6.45) is 7.08. The summed E-state index contributed by atoms with van der Waals surface area (Å²) < 4.78 is 5.49. The third-order valence-electron chi connectivity index (χ3n) is 3.96. The topological polar surface area (TPSA) is 97.4 Å². The van der Waals surface area contributed by atoms with E-state index in [1.165, 1.54) is 24.9 Å². The summed E-state index contributed by atoms with van der Waals surface area (Å²) in [6, 6.07) is 1.05. The van der Waals surface area contributed by atoms with Gasteiger partial charge in [-0.1, -0.05) is 19.8 Å². The molecule has 1 heterocycles. The molecule has 1 saturated carbocycles. The monoisotopic (exact) mass is 397 g/mol. The lowest BCUT2D eigenvalue weighted by Crippen LogP contribution is -2.48. The van der Waals surface area contributed by atoms with E-state index >= 15 is 0 Å². The highest BCUT2D eigenvalue weighted by molar-refractivity contribution is 9.10. The first-order valence-electron chi connectivity index (χ1n) is 7.83. The quantitative estimate of drug-likeness (QED) is 0.760. The summed E-state index contributed by atoms with van der Waals surface area (Å²) in [6.45, 7) is 1.55. The average Bonchev–Trinajstić information content (AvgIpc) is 2.54. The van der Waals surface area contributed by atoms with Gasteiger partial charge in [-0.05, 0) is 40.8 Å². The number of hydrogen-bond donors (Lipinski definition) is 2. The molecule has 1 aliphatic rings. The third kappa shape index (κ3) is 5.59. The molecule has 8 heteroatoms. The number of ether oxygens (including phenoxy) is 1. The number of urea groups is 1. The fourth-order valence-electron chi connectivity index (χ4n) is 2.64. The molecule has 0 spiro atoms. The molecule has 0 aromatic carbocycles. The van der Waals surface area contributed by atoms with Gasteiger partial charge < -0.3 is 10.1 Å². The van der Waals surface area contributed by atoms with Crippen molar-refractivity contribution < 1.29 is 19.1 Å². The lowest BCUT2D eigenvalue weighted by molar-refractivity contribution is -0.123. The molecule has 2 rings (SSSR count). The van der Waals surface area contributed by atoms with Gasteiger partial charge >= 0.3 is 12.0 Å². The smallest absolute Gasteiger partial charge is 0.340 e. The number of hydrogen-bond acceptors (Lipinski definition) is 5. The molecular formula is C16H20BrN3O4. The van der Waals surface area contributed by atoms with Crippen LogP contribution in [0.2, 0.25) is 0 Å². The van der Waals surface area contributed by atoms with Crippen molar-refractivity contribution in [2.75, 3.05) is 6.61 Å². The molecule has 2 atom stereocenters. The number of nitrogens with one attached hydrogen (secondary N) is 2. The van der Waals surface area contributed by atoms with E-state index in [-0.39, 0.29) is 11.6 Å². The Balaban J connectivity index is 1.74. The van der Waals surface area contributed by atoms with Gasteiger partial charge in [-0.25, -0.2) is 9.59 Å². The second-order valence-corrected chi connectivity index (χ2v) is 6.77. The number of imide groups is 1. The number of nitrogens with zero attached hydrogens (tertiary/aromatic N) is 1. The number of aromatic nitrogens is 1. The van der Waals surface area contributed by atoms with E-state index in [1.807, 2.05) is 0 Å². The standard InChI is InChI=1S/C16H20BrN3O4/c1-10-4-2-3-5-13(10)19-16(23)20-14(21)9-24-15(22)11-6-12(17)8-18-7-11/h6-8,10,13H,2-5,9H2,1H3,(H2,19,20,21,23)/t10-,13-/m1/s1. The highest BCUT2D eigenvalue weighted by Crippen LogP contribution is 2.23. The van der Waals surface area contributed by atoms with E-state index in [9.17, 15) is 14.4 Å². The number of halogens is 1. The van der Waals surface area contributed by atoms with Gasteiger partial charge in [0.25, 0.3) is 5.91 Å². The molecular weight excluding hydrogens is 378 g/mol. The highest BCUT2D eigenvalue weighted by Gasteiger charge is 2.23. The van der Waals surface area contributed by atoms with Crippen LogP contribution in [0.4, 0.5) is 4.79 Å². The van der Waals surface area contributed by atoms with Gasteiger partial charge in [0.2, 0.25) is 0 Å². The van der Waals surface area contributed by atoms with E-state index in [0.29, 0.717) is 10.4 Å². The summed E-state index contributed by atoms with van der Waals surface area (Å²) in [7, 11) is 0. The van der Waals surface area contributed by atoms with Crippen LogP contribution < -0.4 is 10.6 Å². The van der Waals surface area contributed by atoms with Gasteiger partial charge in [-0.2, -0.15) is 0 Å². The molecule has 0 bridgehead atoms. The van der Waals surface area contributed by atoms with Gasteiger partial charge in [0.05, 0.1) is 5.56 Å². The second-order valence-electron chi connectivity index (χ2n) is 5.86. The third-order valence-corrected chi connectivity index (χ3v) is 4.39. The lowest BCUT2D eigenvalue weighted by atomic mass is 9.86. The summed E-state index contributed by atoms with van der Waals surface area (Å²) in [5.41, 5.74) is 0.220. The van der Waals surface area contributed by atoms with Gasteiger partial charge in [0.1, 0.15) is 0 Å². The predicted octanol–water partition coefficient (Wildman–Crippen LogP) is 2.41. The zero-order valence-corrected chi connectivity index (χ0v) is 15.0. The van der Waals surface area contributed by atoms with E-state index in [4.69, 9.17) is 4.74 Å². The summed E-state index contributed by atoms with van der Waals surface area (Å²) in [5, 5.41) is 4.97. The lowest BCUT2D eigenvalue weighted by Gasteiger charge is -2.29. The van der Waals surface area contributed by atoms with Crippen molar-refractivity contribution in [2.24, 2.45) is 5.92 Å². The predicted molar refractivity (Wildman–Crippen MR) is 90.3 cm³/mol. The first-order chi connectivity index (χ1) is 11.5. The molecule has 130 valence electrons. The van der Waals surface area contributed by atoms with E-state index in [1.54, 1.807) is 0 Å². The molecule has 1 fully saturated rings. The Morgan fingerprint density at radius 2 is 2.04 bits per heavy atom. The SMILES string of the molecule is C[C@@H]1CCCC[C@H]1NC(=O)NC(=O)COC(=O)c1cncc(Br)c1. The van der Waals surface area contributed by atoms with Crippen LogP contribution in [0.1, 0.15) is 43.0 Å². The fraction of sp³-hybridized carbons (Fsp3) is 0.500. The molecule has 1 aromatic rings. The van der Waals surface area contributed by atoms with Crippen molar-refractivity contribution >= 4 is 33.8 Å². The number of esters is 1. The Hall–Kier alpha value is -1.96. The number of rotatable bonds is 4. The van der Waals surface area contributed by atoms with Crippen LogP contribution in [0.5, 0.6) is 0 Å². The van der Waals surface area contributed by atoms with E-state index < -0.39 is 24.5 Å². The van der Waals surface area contributed by atoms with Crippen molar-refractivity contribution in [3.8, 4) is 0 Å². The minimum absolute atomic E-state index is 0.0712. The van der Waals surface area contributed by atoms with Crippen molar-refractivity contribution in [2.45, 2.75) is 38.6 Å². The van der Waals surface area contributed by atoms with Crippen LogP contribution in [-0.2, 0) is 9.53 Å². The van der Waals surface area contributed by atoms with Crippen molar-refractivity contribution in [1.29, 1.82) is 0 Å². The van der Waals surface area contributed by atoms with E-state index in [0.717, 1.165) is 19.3 Å². The Morgan fingerprint density at radius 3 is 2.75 bits per heavy atom. The zero-order valence-electron chi connectivity index (χ0n) is 13.4. The summed E-state index contributed by atoms with van der Waals surface area (Å²) in [5.74, 6) is -0.964. The van der Waals surface area contributed by atoms with Crippen LogP contribution in [0.3, 0.4) is 0 Å². The normalized spacial score (nSPS) is 20.1. The van der Waals surface area contributed by atoms with Crippen LogP contribution in [0, 0.1) is 5.92 Å². The minimum atomic E-state index is -0.680. The van der Waals surface area contributed by atoms with Gasteiger partial charge in [0, 0.05) is 22.9 Å². The Bertz CT molecular complexity index is 623. The molecule has 1 aliphatic carbocycles. The molecule has 3 amide bonds. The largest absolute Gasteiger partial charge is 0.452 e. The van der Waals surface area contributed by atoms with Gasteiger partial charge in [-0.15, -0.1) is 0 Å². The van der Waals surface area contributed by atoms with Crippen LogP contribution in [-0.4, -0.2) is 35.5 Å².